The van der Waals surface area contributed by atoms with Crippen LogP contribution in [0.1, 0.15) is 0 Å². The van der Waals surface area contributed by atoms with Gasteiger partial charge in [-0.1, -0.05) is 48.5 Å². The molecule has 0 atom stereocenters. The molecule has 0 amide bonds. The molecule has 0 fully saturated rings. The molecule has 0 spiro atoms. The average Bonchev–Trinajstić information content (AvgIpc) is 2.62. The maximum Gasteiger partial charge on any atom is 0.0893 e. The van der Waals surface area contributed by atoms with E-state index in [0.717, 1.165) is 22.6 Å². The minimum atomic E-state index is 0.894. The fraction of sp³-hybridized carbons (Fsp3) is 0. The molecule has 0 bridgehead atoms. The summed E-state index contributed by atoms with van der Waals surface area (Å²) in [6.45, 7) is 0. The smallest absolute Gasteiger partial charge is 0.0893 e. The molecule has 0 saturated carbocycles. The Kier molecular flexibility index (Phi) is 3.13. The van der Waals surface area contributed by atoms with Crippen LogP contribution < -0.4 is 0 Å². The largest absolute Gasteiger partial charge is 0.255 e. The molecule has 0 N–H and O–H groups in total. The Morgan fingerprint density at radius 1 is 0.545 bits per heavy atom. The Morgan fingerprint density at radius 3 is 2.18 bits per heavy atom. The molecule has 0 aliphatic rings. The zero-order chi connectivity index (χ0) is 14.8. The number of rotatable bonds is 2. The molecule has 4 aromatic rings. The van der Waals surface area contributed by atoms with Crippen LogP contribution in [0.25, 0.3) is 33.4 Å². The molecule has 104 valence electrons. The summed E-state index contributed by atoms with van der Waals surface area (Å²) in [5.74, 6) is 0. The Hall–Kier alpha value is -3.00. The standard InChI is InChI=1S/C20H14N2/c1-2-7-16-14-17(12-11-15(16)6-1)18-9-5-10-20(22-18)19-8-3-4-13-21-19/h1-14H. The molecule has 0 radical (unpaired) electrons. The van der Waals surface area contributed by atoms with Crippen molar-refractivity contribution in [2.75, 3.05) is 0 Å². The van der Waals surface area contributed by atoms with Gasteiger partial charge >= 0.3 is 0 Å². The van der Waals surface area contributed by atoms with Gasteiger partial charge < -0.3 is 0 Å². The molecule has 2 heteroatoms. The fourth-order valence-electron chi connectivity index (χ4n) is 2.60. The second kappa shape index (κ2) is 5.41. The van der Waals surface area contributed by atoms with Crippen molar-refractivity contribution in [1.29, 1.82) is 0 Å². The van der Waals surface area contributed by atoms with E-state index in [9.17, 15) is 0 Å². The minimum absolute atomic E-state index is 0.894. The van der Waals surface area contributed by atoms with E-state index in [1.165, 1.54) is 10.8 Å². The lowest BCUT2D eigenvalue weighted by Gasteiger charge is -2.06. The van der Waals surface area contributed by atoms with Crippen LogP contribution in [0, 0.1) is 0 Å². The van der Waals surface area contributed by atoms with Gasteiger partial charge in [0.25, 0.3) is 0 Å². The van der Waals surface area contributed by atoms with E-state index in [4.69, 9.17) is 4.98 Å². The lowest BCUT2D eigenvalue weighted by molar-refractivity contribution is 1.25. The van der Waals surface area contributed by atoms with E-state index in [1.807, 2.05) is 36.4 Å². The molecule has 2 aromatic heterocycles. The Balaban J connectivity index is 1.81. The number of aromatic nitrogens is 2. The van der Waals surface area contributed by atoms with Crippen LogP contribution in [0.4, 0.5) is 0 Å². The summed E-state index contributed by atoms with van der Waals surface area (Å²) in [6.07, 6.45) is 1.79. The zero-order valence-electron chi connectivity index (χ0n) is 12.0. The quantitative estimate of drug-likeness (QED) is 0.519. The van der Waals surface area contributed by atoms with Gasteiger partial charge in [0.1, 0.15) is 0 Å². The first-order chi connectivity index (χ1) is 10.9. The molecule has 0 aliphatic carbocycles. The number of pyridine rings is 2. The predicted molar refractivity (Wildman–Crippen MR) is 90.4 cm³/mol. The number of hydrogen-bond donors (Lipinski definition) is 0. The Morgan fingerprint density at radius 2 is 1.32 bits per heavy atom. The maximum absolute atomic E-state index is 4.76. The summed E-state index contributed by atoms with van der Waals surface area (Å²) in [5.41, 5.74) is 3.88. The van der Waals surface area contributed by atoms with Gasteiger partial charge in [-0.15, -0.1) is 0 Å². The molecule has 0 unspecified atom stereocenters. The summed E-state index contributed by atoms with van der Waals surface area (Å²) in [5, 5.41) is 2.47. The van der Waals surface area contributed by atoms with E-state index in [-0.39, 0.29) is 0 Å². The second-order valence-corrected chi connectivity index (χ2v) is 5.18. The van der Waals surface area contributed by atoms with Crippen LogP contribution in [0.15, 0.2) is 85.1 Å². The van der Waals surface area contributed by atoms with Gasteiger partial charge in [-0.05, 0) is 41.1 Å². The molecule has 0 saturated heterocycles. The average molecular weight is 282 g/mol. The van der Waals surface area contributed by atoms with E-state index < -0.39 is 0 Å². The molecule has 2 nitrogen and oxygen atoms in total. The lowest BCUT2D eigenvalue weighted by atomic mass is 10.0. The van der Waals surface area contributed by atoms with E-state index in [0.29, 0.717) is 0 Å². The van der Waals surface area contributed by atoms with Crippen molar-refractivity contribution in [3.05, 3.63) is 85.1 Å². The van der Waals surface area contributed by atoms with Gasteiger partial charge in [0.2, 0.25) is 0 Å². The van der Waals surface area contributed by atoms with Gasteiger partial charge in [0.15, 0.2) is 0 Å². The van der Waals surface area contributed by atoms with Gasteiger partial charge in [-0.2, -0.15) is 0 Å². The van der Waals surface area contributed by atoms with E-state index in [2.05, 4.69) is 47.4 Å². The molecule has 2 heterocycles. The van der Waals surface area contributed by atoms with Crippen LogP contribution >= 0.6 is 0 Å². The molecular formula is C20H14N2. The molecule has 0 aliphatic heterocycles. The van der Waals surface area contributed by atoms with Crippen molar-refractivity contribution in [2.24, 2.45) is 0 Å². The normalized spacial score (nSPS) is 10.7. The lowest BCUT2D eigenvalue weighted by Crippen LogP contribution is -1.89. The summed E-state index contributed by atoms with van der Waals surface area (Å²) >= 11 is 0. The van der Waals surface area contributed by atoms with Crippen molar-refractivity contribution in [3.63, 3.8) is 0 Å². The molecular weight excluding hydrogens is 268 g/mol. The van der Waals surface area contributed by atoms with Gasteiger partial charge in [0, 0.05) is 11.8 Å². The van der Waals surface area contributed by atoms with E-state index >= 15 is 0 Å². The predicted octanol–water partition coefficient (Wildman–Crippen LogP) is 4.96. The third-order valence-corrected chi connectivity index (χ3v) is 3.72. The SMILES string of the molecule is c1ccc(-c2cccc(-c3ccc4ccccc4c3)n2)nc1. The van der Waals surface area contributed by atoms with E-state index in [1.54, 1.807) is 6.20 Å². The highest BCUT2D eigenvalue weighted by atomic mass is 14.8. The first-order valence-corrected chi connectivity index (χ1v) is 7.28. The Labute approximate surface area is 129 Å². The van der Waals surface area contributed by atoms with Crippen LogP contribution in [0.3, 0.4) is 0 Å². The number of fused-ring (bicyclic) bond motifs is 1. The molecule has 22 heavy (non-hydrogen) atoms. The highest BCUT2D eigenvalue weighted by molar-refractivity contribution is 5.86. The number of hydrogen-bond acceptors (Lipinski definition) is 2. The zero-order valence-corrected chi connectivity index (χ0v) is 12.0. The third-order valence-electron chi connectivity index (χ3n) is 3.72. The first kappa shape index (κ1) is 12.7. The first-order valence-electron chi connectivity index (χ1n) is 7.28. The monoisotopic (exact) mass is 282 g/mol. The molecule has 4 rings (SSSR count). The van der Waals surface area contributed by atoms with Crippen LogP contribution in [0.2, 0.25) is 0 Å². The van der Waals surface area contributed by atoms with Crippen molar-refractivity contribution in [2.45, 2.75) is 0 Å². The van der Waals surface area contributed by atoms with Crippen molar-refractivity contribution in [3.8, 4) is 22.6 Å². The maximum atomic E-state index is 4.76. The Bertz CT molecular complexity index is 930. The minimum Gasteiger partial charge on any atom is -0.255 e. The van der Waals surface area contributed by atoms with Gasteiger partial charge in [-0.3, -0.25) is 4.98 Å². The van der Waals surface area contributed by atoms with Crippen LogP contribution in [0.5, 0.6) is 0 Å². The van der Waals surface area contributed by atoms with Crippen LogP contribution in [-0.4, -0.2) is 9.97 Å². The summed E-state index contributed by atoms with van der Waals surface area (Å²) in [6, 6.07) is 26.7. The fourth-order valence-corrected chi connectivity index (χ4v) is 2.60. The molecule has 2 aromatic carbocycles. The highest BCUT2D eigenvalue weighted by Crippen LogP contribution is 2.25. The van der Waals surface area contributed by atoms with Gasteiger partial charge in [0.05, 0.1) is 17.1 Å². The topological polar surface area (TPSA) is 25.8 Å². The van der Waals surface area contributed by atoms with Crippen LogP contribution in [-0.2, 0) is 0 Å². The highest BCUT2D eigenvalue weighted by Gasteiger charge is 2.04. The summed E-state index contributed by atoms with van der Waals surface area (Å²) in [7, 11) is 0. The van der Waals surface area contributed by atoms with Crippen molar-refractivity contribution < 1.29 is 0 Å². The van der Waals surface area contributed by atoms with Crippen molar-refractivity contribution in [1.82, 2.24) is 9.97 Å². The summed E-state index contributed by atoms with van der Waals surface area (Å²) < 4.78 is 0. The van der Waals surface area contributed by atoms with Crippen molar-refractivity contribution >= 4 is 10.8 Å². The second-order valence-electron chi connectivity index (χ2n) is 5.18. The number of benzene rings is 2. The summed E-state index contributed by atoms with van der Waals surface area (Å²) in [4.78, 5) is 9.13. The number of nitrogens with zero attached hydrogens (tertiary/aromatic N) is 2. The third kappa shape index (κ3) is 2.35. The van der Waals surface area contributed by atoms with Gasteiger partial charge in [-0.25, -0.2) is 4.98 Å².